The van der Waals surface area contributed by atoms with Crippen molar-refractivity contribution in [1.82, 2.24) is 15.5 Å². The molecular weight excluding hydrogens is 418 g/mol. The number of amides is 1. The zero-order valence-electron chi connectivity index (χ0n) is 16.0. The highest BCUT2D eigenvalue weighted by Gasteiger charge is 2.18. The predicted octanol–water partition coefficient (Wildman–Crippen LogP) is 4.94. The van der Waals surface area contributed by atoms with Gasteiger partial charge in [-0.25, -0.2) is 0 Å². The standard InChI is InChI=1S/C22H24BrN3O2/c1-15(2)20-19(23)21(26-25-20)22(27)24-12-16-8-10-18(11-9-16)14-28-13-17-6-4-3-5-7-17/h3-11,15H,12-14H2,1-2H3,(H,24,27)(H,25,26). The monoisotopic (exact) mass is 441 g/mol. The average molecular weight is 442 g/mol. The lowest BCUT2D eigenvalue weighted by molar-refractivity contribution is 0.0945. The van der Waals surface area contributed by atoms with E-state index in [2.05, 4.69) is 31.4 Å². The van der Waals surface area contributed by atoms with E-state index in [9.17, 15) is 4.79 Å². The molecule has 2 aromatic carbocycles. The number of hydrogen-bond donors (Lipinski definition) is 2. The third kappa shape index (κ3) is 5.30. The maximum absolute atomic E-state index is 12.4. The Hall–Kier alpha value is -2.44. The Balaban J connectivity index is 1.48. The summed E-state index contributed by atoms with van der Waals surface area (Å²) in [4.78, 5) is 12.4. The molecule has 0 unspecified atom stereocenters. The van der Waals surface area contributed by atoms with E-state index in [1.165, 1.54) is 0 Å². The van der Waals surface area contributed by atoms with E-state index in [4.69, 9.17) is 4.74 Å². The van der Waals surface area contributed by atoms with Gasteiger partial charge >= 0.3 is 0 Å². The van der Waals surface area contributed by atoms with E-state index in [1.807, 2.05) is 68.4 Å². The number of rotatable bonds is 8. The largest absolute Gasteiger partial charge is 0.372 e. The van der Waals surface area contributed by atoms with Crippen molar-refractivity contribution in [3.8, 4) is 0 Å². The van der Waals surface area contributed by atoms with Crippen LogP contribution in [0, 0.1) is 0 Å². The van der Waals surface area contributed by atoms with Crippen LogP contribution in [-0.4, -0.2) is 16.1 Å². The molecule has 0 aliphatic heterocycles. The highest BCUT2D eigenvalue weighted by atomic mass is 79.9. The van der Waals surface area contributed by atoms with Crippen LogP contribution in [0.25, 0.3) is 0 Å². The lowest BCUT2D eigenvalue weighted by Crippen LogP contribution is -2.23. The van der Waals surface area contributed by atoms with Gasteiger partial charge in [0.1, 0.15) is 0 Å². The molecular formula is C22H24BrN3O2. The van der Waals surface area contributed by atoms with Crippen molar-refractivity contribution in [2.45, 2.75) is 39.5 Å². The molecule has 0 fully saturated rings. The van der Waals surface area contributed by atoms with Crippen LogP contribution in [-0.2, 0) is 24.5 Å². The van der Waals surface area contributed by atoms with E-state index in [0.29, 0.717) is 25.5 Å². The molecule has 0 radical (unpaired) electrons. The van der Waals surface area contributed by atoms with E-state index < -0.39 is 0 Å². The fourth-order valence-electron chi connectivity index (χ4n) is 2.76. The zero-order valence-corrected chi connectivity index (χ0v) is 17.6. The molecule has 6 heteroatoms. The first kappa shape index (κ1) is 20.3. The number of carbonyl (C=O) groups excluding carboxylic acids is 1. The van der Waals surface area contributed by atoms with Crippen molar-refractivity contribution >= 4 is 21.8 Å². The lowest BCUT2D eigenvalue weighted by atomic mass is 10.1. The van der Waals surface area contributed by atoms with E-state index in [-0.39, 0.29) is 11.8 Å². The van der Waals surface area contributed by atoms with Crippen LogP contribution in [0.4, 0.5) is 0 Å². The Morgan fingerprint density at radius 3 is 2.25 bits per heavy atom. The number of H-pyrrole nitrogens is 1. The predicted molar refractivity (Wildman–Crippen MR) is 113 cm³/mol. The average Bonchev–Trinajstić information content (AvgIpc) is 3.10. The number of ether oxygens (including phenoxy) is 1. The smallest absolute Gasteiger partial charge is 0.273 e. The van der Waals surface area contributed by atoms with Crippen molar-refractivity contribution in [1.29, 1.82) is 0 Å². The second kappa shape index (κ2) is 9.66. The van der Waals surface area contributed by atoms with Crippen LogP contribution < -0.4 is 5.32 Å². The highest BCUT2D eigenvalue weighted by Crippen LogP contribution is 2.25. The Morgan fingerprint density at radius 2 is 1.64 bits per heavy atom. The minimum atomic E-state index is -0.203. The Labute approximate surface area is 173 Å². The first-order valence-electron chi connectivity index (χ1n) is 9.26. The molecule has 0 bridgehead atoms. The maximum Gasteiger partial charge on any atom is 0.273 e. The number of halogens is 1. The van der Waals surface area contributed by atoms with Gasteiger partial charge < -0.3 is 10.1 Å². The molecule has 0 aliphatic carbocycles. The zero-order chi connectivity index (χ0) is 19.9. The summed E-state index contributed by atoms with van der Waals surface area (Å²) in [5, 5.41) is 9.95. The number of benzene rings is 2. The van der Waals surface area contributed by atoms with E-state index >= 15 is 0 Å². The first-order valence-corrected chi connectivity index (χ1v) is 10.1. The summed E-state index contributed by atoms with van der Waals surface area (Å²) in [7, 11) is 0. The minimum absolute atomic E-state index is 0.203. The summed E-state index contributed by atoms with van der Waals surface area (Å²) in [6, 6.07) is 18.2. The molecule has 1 heterocycles. The second-order valence-corrected chi connectivity index (χ2v) is 7.73. The van der Waals surface area contributed by atoms with Crippen molar-refractivity contribution in [2.24, 2.45) is 0 Å². The maximum atomic E-state index is 12.4. The Bertz CT molecular complexity index is 905. The van der Waals surface area contributed by atoms with Gasteiger partial charge in [0.2, 0.25) is 0 Å². The summed E-state index contributed by atoms with van der Waals surface area (Å²) in [6.45, 7) is 5.69. The van der Waals surface area contributed by atoms with Crippen LogP contribution in [0.15, 0.2) is 59.1 Å². The molecule has 1 amide bonds. The molecule has 0 spiro atoms. The highest BCUT2D eigenvalue weighted by molar-refractivity contribution is 9.10. The summed E-state index contributed by atoms with van der Waals surface area (Å²) < 4.78 is 6.48. The molecule has 0 aliphatic rings. The summed E-state index contributed by atoms with van der Waals surface area (Å²) >= 11 is 3.46. The number of nitrogens with zero attached hydrogens (tertiary/aromatic N) is 1. The quantitative estimate of drug-likeness (QED) is 0.519. The molecule has 0 saturated carbocycles. The first-order chi connectivity index (χ1) is 13.5. The normalized spacial score (nSPS) is 11.0. The molecule has 3 aromatic rings. The lowest BCUT2D eigenvalue weighted by Gasteiger charge is -2.07. The van der Waals surface area contributed by atoms with Gasteiger partial charge in [0.15, 0.2) is 5.69 Å². The Kier molecular flexibility index (Phi) is 7.01. The summed E-state index contributed by atoms with van der Waals surface area (Å²) in [6.07, 6.45) is 0. The SMILES string of the molecule is CC(C)c1[nH]nc(C(=O)NCc2ccc(COCc3ccccc3)cc2)c1Br. The van der Waals surface area contributed by atoms with Crippen molar-refractivity contribution in [2.75, 3.05) is 0 Å². The molecule has 0 atom stereocenters. The van der Waals surface area contributed by atoms with E-state index in [0.717, 1.165) is 26.9 Å². The van der Waals surface area contributed by atoms with Gasteiger partial charge in [-0.1, -0.05) is 68.4 Å². The fourth-order valence-corrected chi connectivity index (χ4v) is 3.57. The third-order valence-corrected chi connectivity index (χ3v) is 5.18. The van der Waals surface area contributed by atoms with Gasteiger partial charge in [-0.2, -0.15) is 5.10 Å². The van der Waals surface area contributed by atoms with Crippen LogP contribution in [0.3, 0.4) is 0 Å². The van der Waals surface area contributed by atoms with Crippen molar-refractivity contribution < 1.29 is 9.53 Å². The van der Waals surface area contributed by atoms with Crippen molar-refractivity contribution in [3.63, 3.8) is 0 Å². The van der Waals surface area contributed by atoms with Crippen LogP contribution in [0.5, 0.6) is 0 Å². The Morgan fingerprint density at radius 1 is 1.04 bits per heavy atom. The molecule has 5 nitrogen and oxygen atoms in total. The number of nitrogens with one attached hydrogen (secondary N) is 2. The molecule has 0 saturated heterocycles. The second-order valence-electron chi connectivity index (χ2n) is 6.93. The molecule has 3 rings (SSSR count). The van der Waals surface area contributed by atoms with Gasteiger partial charge in [0.25, 0.3) is 5.91 Å². The van der Waals surface area contributed by atoms with Crippen LogP contribution in [0.2, 0.25) is 0 Å². The van der Waals surface area contributed by atoms with Gasteiger partial charge in [-0.15, -0.1) is 0 Å². The molecule has 1 aromatic heterocycles. The molecule has 2 N–H and O–H groups in total. The topological polar surface area (TPSA) is 67.0 Å². The summed E-state index contributed by atoms with van der Waals surface area (Å²) in [5.74, 6) is 0.0605. The fraction of sp³-hybridized carbons (Fsp3) is 0.273. The number of aromatic nitrogens is 2. The minimum Gasteiger partial charge on any atom is -0.372 e. The van der Waals surface area contributed by atoms with Gasteiger partial charge in [0.05, 0.1) is 23.4 Å². The van der Waals surface area contributed by atoms with Crippen molar-refractivity contribution in [3.05, 3.63) is 87.1 Å². The number of carbonyl (C=O) groups is 1. The van der Waals surface area contributed by atoms with Crippen LogP contribution >= 0.6 is 15.9 Å². The summed E-state index contributed by atoms with van der Waals surface area (Å²) in [5.41, 5.74) is 4.59. The molecule has 146 valence electrons. The molecule has 28 heavy (non-hydrogen) atoms. The van der Waals surface area contributed by atoms with E-state index in [1.54, 1.807) is 0 Å². The number of hydrogen-bond acceptors (Lipinski definition) is 3. The van der Waals surface area contributed by atoms with Gasteiger partial charge in [-0.05, 0) is 38.5 Å². The van der Waals surface area contributed by atoms with Gasteiger partial charge in [-0.3, -0.25) is 9.89 Å². The number of aromatic amines is 1. The van der Waals surface area contributed by atoms with Crippen LogP contribution in [0.1, 0.15) is 52.6 Å². The van der Waals surface area contributed by atoms with Gasteiger partial charge in [0, 0.05) is 6.54 Å². The third-order valence-electron chi connectivity index (χ3n) is 4.38.